The van der Waals surface area contributed by atoms with E-state index in [4.69, 9.17) is 0 Å². The van der Waals surface area contributed by atoms with Gasteiger partial charge in [0.25, 0.3) is 0 Å². The Hall–Kier alpha value is -1.11. The van der Waals surface area contributed by atoms with Crippen LogP contribution >= 0.6 is 33.9 Å². The van der Waals surface area contributed by atoms with Crippen molar-refractivity contribution in [3.63, 3.8) is 0 Å². The van der Waals surface area contributed by atoms with Gasteiger partial charge in [-0.1, -0.05) is 23.5 Å². The van der Waals surface area contributed by atoms with Gasteiger partial charge in [0.15, 0.2) is 5.82 Å². The molecule has 132 valence electrons. The zero-order chi connectivity index (χ0) is 17.6. The van der Waals surface area contributed by atoms with Crippen molar-refractivity contribution in [2.75, 3.05) is 19.3 Å². The Bertz CT molecular complexity index is 1010. The monoisotopic (exact) mass is 489 g/mol. The van der Waals surface area contributed by atoms with Crippen molar-refractivity contribution in [1.29, 1.82) is 0 Å². The van der Waals surface area contributed by atoms with Gasteiger partial charge in [0.2, 0.25) is 15.0 Å². The Kier molecular flexibility index (Phi) is 4.54. The number of nitrogens with zero attached hydrogens (tertiary/aromatic N) is 5. The first kappa shape index (κ1) is 17.3. The van der Waals surface area contributed by atoms with E-state index in [2.05, 4.69) is 37.9 Å². The molecule has 0 bridgehead atoms. The van der Waals surface area contributed by atoms with Crippen LogP contribution in [-0.4, -0.2) is 51.9 Å². The number of piperidine rings is 1. The van der Waals surface area contributed by atoms with Crippen molar-refractivity contribution in [2.24, 2.45) is 0 Å². The van der Waals surface area contributed by atoms with Crippen LogP contribution in [0, 0.1) is 3.57 Å². The molecule has 25 heavy (non-hydrogen) atoms. The maximum Gasteiger partial charge on any atom is 0.234 e. The van der Waals surface area contributed by atoms with Gasteiger partial charge in [-0.25, -0.2) is 12.7 Å². The average molecular weight is 489 g/mol. The average Bonchev–Trinajstić information content (AvgIpc) is 3.15. The fourth-order valence-electron chi connectivity index (χ4n) is 3.05. The number of benzene rings is 1. The van der Waals surface area contributed by atoms with Crippen LogP contribution in [0.3, 0.4) is 0 Å². The van der Waals surface area contributed by atoms with Crippen LogP contribution < -0.4 is 0 Å². The lowest BCUT2D eigenvalue weighted by Crippen LogP contribution is -2.38. The lowest BCUT2D eigenvalue weighted by molar-refractivity contribution is 0.309. The lowest BCUT2D eigenvalue weighted by Gasteiger charge is -2.29. The minimum Gasteiger partial charge on any atom is -0.213 e. The maximum atomic E-state index is 11.9. The Morgan fingerprint density at radius 3 is 2.72 bits per heavy atom. The molecule has 0 spiro atoms. The van der Waals surface area contributed by atoms with Crippen LogP contribution in [0.5, 0.6) is 0 Å². The molecule has 1 aromatic carbocycles. The quantitative estimate of drug-likeness (QED) is 0.529. The van der Waals surface area contributed by atoms with Gasteiger partial charge >= 0.3 is 0 Å². The zero-order valence-electron chi connectivity index (χ0n) is 13.5. The molecule has 1 aliphatic rings. The second-order valence-corrected chi connectivity index (χ2v) is 10.3. The van der Waals surface area contributed by atoms with Gasteiger partial charge in [-0.15, -0.1) is 10.2 Å². The van der Waals surface area contributed by atoms with Gasteiger partial charge in [0.05, 0.1) is 6.26 Å². The third-order valence-corrected chi connectivity index (χ3v) is 7.26. The first-order chi connectivity index (χ1) is 11.9. The van der Waals surface area contributed by atoms with Gasteiger partial charge in [0, 0.05) is 28.1 Å². The van der Waals surface area contributed by atoms with Crippen molar-refractivity contribution < 1.29 is 8.42 Å². The second-order valence-electron chi connectivity index (χ2n) is 6.13. The minimum atomic E-state index is -3.19. The van der Waals surface area contributed by atoms with E-state index in [1.165, 1.54) is 25.5 Å². The highest BCUT2D eigenvalue weighted by molar-refractivity contribution is 14.1. The van der Waals surface area contributed by atoms with Crippen molar-refractivity contribution in [3.05, 3.63) is 33.7 Å². The number of fused-ring (bicyclic) bond motifs is 1. The molecule has 0 aliphatic carbocycles. The molecule has 0 N–H and O–H groups in total. The SMILES string of the molecule is CS(=O)(=O)N1CCCC(c2nnc3sc(-c4ccc(I)cc4)nn23)C1. The predicted octanol–water partition coefficient (Wildman–Crippen LogP) is 2.60. The molecule has 4 rings (SSSR count). The highest BCUT2D eigenvalue weighted by Crippen LogP contribution is 2.31. The molecule has 3 heterocycles. The predicted molar refractivity (Wildman–Crippen MR) is 105 cm³/mol. The summed E-state index contributed by atoms with van der Waals surface area (Å²) in [5.74, 6) is 0.765. The molecular weight excluding hydrogens is 473 g/mol. The highest BCUT2D eigenvalue weighted by atomic mass is 127. The van der Waals surface area contributed by atoms with Crippen molar-refractivity contribution in [1.82, 2.24) is 24.1 Å². The van der Waals surface area contributed by atoms with Gasteiger partial charge in [-0.3, -0.25) is 0 Å². The summed E-state index contributed by atoms with van der Waals surface area (Å²) >= 11 is 3.76. The van der Waals surface area contributed by atoms with Crippen LogP contribution in [0.1, 0.15) is 24.6 Å². The number of aromatic nitrogens is 4. The molecular formula is C15H16IN5O2S2. The number of rotatable bonds is 3. The first-order valence-electron chi connectivity index (χ1n) is 7.85. The van der Waals surface area contributed by atoms with E-state index in [1.54, 1.807) is 4.52 Å². The molecule has 3 aromatic rings. The fraction of sp³-hybridized carbons (Fsp3) is 0.400. The summed E-state index contributed by atoms with van der Waals surface area (Å²) in [4.78, 5) is 0.736. The summed E-state index contributed by atoms with van der Waals surface area (Å²) in [6.45, 7) is 1.01. The van der Waals surface area contributed by atoms with Gasteiger partial charge in [0.1, 0.15) is 5.01 Å². The summed E-state index contributed by atoms with van der Waals surface area (Å²) in [6.07, 6.45) is 2.97. The van der Waals surface area contributed by atoms with Crippen LogP contribution in [0.2, 0.25) is 0 Å². The fourth-order valence-corrected chi connectivity index (χ4v) is 5.17. The van der Waals surface area contributed by atoms with Crippen molar-refractivity contribution in [2.45, 2.75) is 18.8 Å². The molecule has 1 fully saturated rings. The molecule has 1 unspecified atom stereocenters. The zero-order valence-corrected chi connectivity index (χ0v) is 17.3. The molecule has 1 aliphatic heterocycles. The topological polar surface area (TPSA) is 80.5 Å². The standard InChI is InChI=1S/C15H16IN5O2S2/c1-25(22,23)20-8-2-3-11(9-20)13-17-18-15-21(13)19-14(24-15)10-4-6-12(16)7-5-10/h4-7,11H,2-3,8-9H2,1H3. The molecule has 0 radical (unpaired) electrons. The van der Waals surface area contributed by atoms with E-state index in [-0.39, 0.29) is 5.92 Å². The number of hydrogen-bond acceptors (Lipinski definition) is 6. The lowest BCUT2D eigenvalue weighted by atomic mass is 9.99. The van der Waals surface area contributed by atoms with Crippen LogP contribution in [0.25, 0.3) is 15.5 Å². The van der Waals surface area contributed by atoms with E-state index >= 15 is 0 Å². The minimum absolute atomic E-state index is 0.0187. The highest BCUT2D eigenvalue weighted by Gasteiger charge is 2.30. The van der Waals surface area contributed by atoms with Gasteiger partial charge in [-0.05, 0) is 47.6 Å². The molecule has 7 nitrogen and oxygen atoms in total. The summed E-state index contributed by atoms with van der Waals surface area (Å²) < 4.78 is 28.2. The van der Waals surface area contributed by atoms with E-state index in [0.29, 0.717) is 13.1 Å². The van der Waals surface area contributed by atoms with Crippen LogP contribution in [-0.2, 0) is 10.0 Å². The van der Waals surface area contributed by atoms with E-state index in [9.17, 15) is 8.42 Å². The molecule has 1 saturated heterocycles. The van der Waals surface area contributed by atoms with Crippen LogP contribution in [0.15, 0.2) is 24.3 Å². The molecule has 0 amide bonds. The van der Waals surface area contributed by atoms with Crippen molar-refractivity contribution >= 4 is 48.9 Å². The molecule has 2 aromatic heterocycles. The number of halogens is 1. The third kappa shape index (κ3) is 3.44. The third-order valence-electron chi connectivity index (χ3n) is 4.32. The molecule has 10 heteroatoms. The number of sulfonamides is 1. The summed E-state index contributed by atoms with van der Waals surface area (Å²) in [6, 6.07) is 8.17. The van der Waals surface area contributed by atoms with E-state index in [0.717, 1.165) is 34.2 Å². The van der Waals surface area contributed by atoms with E-state index in [1.807, 2.05) is 24.3 Å². The Morgan fingerprint density at radius 2 is 2.00 bits per heavy atom. The molecule has 1 atom stereocenters. The van der Waals surface area contributed by atoms with E-state index < -0.39 is 10.0 Å². The van der Waals surface area contributed by atoms with Crippen molar-refractivity contribution in [3.8, 4) is 10.6 Å². The summed E-state index contributed by atoms with van der Waals surface area (Å²) in [5.41, 5.74) is 1.04. The summed E-state index contributed by atoms with van der Waals surface area (Å²) in [5, 5.41) is 14.1. The molecule has 0 saturated carbocycles. The first-order valence-corrected chi connectivity index (χ1v) is 11.6. The van der Waals surface area contributed by atoms with Crippen LogP contribution in [0.4, 0.5) is 0 Å². The van der Waals surface area contributed by atoms with Gasteiger partial charge < -0.3 is 0 Å². The smallest absolute Gasteiger partial charge is 0.213 e. The summed E-state index contributed by atoms with van der Waals surface area (Å²) in [7, 11) is -3.19. The largest absolute Gasteiger partial charge is 0.234 e. The Balaban J connectivity index is 1.68. The number of hydrogen-bond donors (Lipinski definition) is 0. The Labute approximate surface area is 163 Å². The Morgan fingerprint density at radius 1 is 1.24 bits per heavy atom. The second kappa shape index (κ2) is 6.56. The van der Waals surface area contributed by atoms with Gasteiger partial charge in [-0.2, -0.15) is 9.61 Å². The normalized spacial score (nSPS) is 19.5. The maximum absolute atomic E-state index is 11.9.